The normalized spacial score (nSPS) is 13.9. The van der Waals surface area contributed by atoms with Gasteiger partial charge in [-0.15, -0.1) is 0 Å². The number of carbonyl (C=O) groups excluding carboxylic acids is 2. The number of hydrogen-bond acceptors (Lipinski definition) is 4. The van der Waals surface area contributed by atoms with Crippen LogP contribution in [0.2, 0.25) is 5.02 Å². The summed E-state index contributed by atoms with van der Waals surface area (Å²) in [6.45, 7) is 0. The van der Waals surface area contributed by atoms with E-state index in [0.717, 1.165) is 4.47 Å². The summed E-state index contributed by atoms with van der Waals surface area (Å²) in [5.41, 5.74) is 1.50. The summed E-state index contributed by atoms with van der Waals surface area (Å²) in [4.78, 5) is 24.8. The van der Waals surface area contributed by atoms with Crippen molar-refractivity contribution >= 4 is 45.4 Å². The predicted octanol–water partition coefficient (Wildman–Crippen LogP) is 5.94. The first-order valence-corrected chi connectivity index (χ1v) is 9.49. The molecule has 0 N–H and O–H groups in total. The maximum atomic E-state index is 12.6. The lowest BCUT2D eigenvalue weighted by atomic mass is 10.1. The summed E-state index contributed by atoms with van der Waals surface area (Å²) in [6.07, 6.45) is 1.60. The van der Waals surface area contributed by atoms with Crippen LogP contribution in [0.4, 0.5) is 0 Å². The van der Waals surface area contributed by atoms with E-state index in [1.54, 1.807) is 54.6 Å². The van der Waals surface area contributed by atoms with Crippen molar-refractivity contribution in [3.8, 4) is 11.5 Å². The Morgan fingerprint density at radius 1 is 1.04 bits per heavy atom. The summed E-state index contributed by atoms with van der Waals surface area (Å²) in [5, 5.41) is 0.520. The molecule has 1 aliphatic rings. The highest BCUT2D eigenvalue weighted by Gasteiger charge is 2.28. The molecule has 138 valence electrons. The molecule has 3 aromatic rings. The Balaban J connectivity index is 1.56. The van der Waals surface area contributed by atoms with Crippen LogP contribution in [0.5, 0.6) is 11.5 Å². The number of ketones is 1. The molecule has 4 rings (SSSR count). The third kappa shape index (κ3) is 3.72. The van der Waals surface area contributed by atoms with Gasteiger partial charge in [0, 0.05) is 15.6 Å². The molecule has 0 saturated heterocycles. The van der Waals surface area contributed by atoms with Crippen molar-refractivity contribution < 1.29 is 19.1 Å². The molecule has 1 heterocycles. The van der Waals surface area contributed by atoms with Gasteiger partial charge in [-0.05, 0) is 54.1 Å². The van der Waals surface area contributed by atoms with E-state index in [-0.39, 0.29) is 11.5 Å². The van der Waals surface area contributed by atoms with E-state index < -0.39 is 5.97 Å². The van der Waals surface area contributed by atoms with E-state index in [4.69, 9.17) is 21.1 Å². The van der Waals surface area contributed by atoms with E-state index in [9.17, 15) is 9.59 Å². The molecular weight excluding hydrogens is 444 g/mol. The van der Waals surface area contributed by atoms with Crippen molar-refractivity contribution in [3.63, 3.8) is 0 Å². The number of hydrogen-bond donors (Lipinski definition) is 0. The van der Waals surface area contributed by atoms with Crippen molar-refractivity contribution in [1.29, 1.82) is 0 Å². The first-order valence-electron chi connectivity index (χ1n) is 8.32. The average molecular weight is 456 g/mol. The molecule has 3 aromatic carbocycles. The Bertz CT molecular complexity index is 1120. The number of ether oxygens (including phenoxy) is 2. The smallest absolute Gasteiger partial charge is 0.343 e. The first kappa shape index (κ1) is 18.5. The molecule has 0 saturated carbocycles. The molecule has 28 heavy (non-hydrogen) atoms. The number of allylic oxidation sites excluding steroid dienone is 1. The molecule has 0 amide bonds. The number of rotatable bonds is 3. The molecule has 0 fully saturated rings. The minimum atomic E-state index is -0.497. The molecule has 0 radical (unpaired) electrons. The van der Waals surface area contributed by atoms with Gasteiger partial charge < -0.3 is 9.47 Å². The monoisotopic (exact) mass is 454 g/mol. The lowest BCUT2D eigenvalue weighted by molar-refractivity contribution is 0.0734. The fourth-order valence-corrected chi connectivity index (χ4v) is 3.17. The molecule has 0 bridgehead atoms. The van der Waals surface area contributed by atoms with Gasteiger partial charge in [0.15, 0.2) is 5.76 Å². The molecule has 0 spiro atoms. The van der Waals surface area contributed by atoms with Crippen LogP contribution in [0.15, 0.2) is 77.0 Å². The topological polar surface area (TPSA) is 52.6 Å². The number of fused-ring (bicyclic) bond motifs is 1. The average Bonchev–Trinajstić information content (AvgIpc) is 2.99. The van der Waals surface area contributed by atoms with Gasteiger partial charge in [-0.1, -0.05) is 45.7 Å². The lowest BCUT2D eigenvalue weighted by Gasteiger charge is -2.06. The van der Waals surface area contributed by atoms with Gasteiger partial charge in [0.25, 0.3) is 0 Å². The van der Waals surface area contributed by atoms with Crippen molar-refractivity contribution in [2.75, 3.05) is 0 Å². The Morgan fingerprint density at radius 3 is 2.54 bits per heavy atom. The quantitative estimate of drug-likeness (QED) is 0.279. The van der Waals surface area contributed by atoms with Crippen molar-refractivity contribution in [2.45, 2.75) is 0 Å². The van der Waals surface area contributed by atoms with E-state index in [1.807, 2.05) is 12.1 Å². The fourth-order valence-electron chi connectivity index (χ4n) is 2.72. The molecular formula is C22H12BrClO4. The Hall–Kier alpha value is -2.89. The number of halogens is 2. The molecule has 6 heteroatoms. The van der Waals surface area contributed by atoms with Gasteiger partial charge in [0.2, 0.25) is 5.78 Å². The minimum absolute atomic E-state index is 0.166. The summed E-state index contributed by atoms with van der Waals surface area (Å²) in [7, 11) is 0. The van der Waals surface area contributed by atoms with Crippen LogP contribution in [-0.4, -0.2) is 11.8 Å². The Kier molecular flexibility index (Phi) is 5.03. The predicted molar refractivity (Wildman–Crippen MR) is 110 cm³/mol. The maximum absolute atomic E-state index is 12.6. The zero-order valence-electron chi connectivity index (χ0n) is 14.3. The van der Waals surface area contributed by atoms with E-state index in [0.29, 0.717) is 33.2 Å². The molecule has 0 atom stereocenters. The van der Waals surface area contributed by atoms with E-state index >= 15 is 0 Å². The number of esters is 1. The van der Waals surface area contributed by atoms with Gasteiger partial charge in [-0.2, -0.15) is 0 Å². The number of benzene rings is 3. The van der Waals surface area contributed by atoms with Gasteiger partial charge in [0.05, 0.1) is 11.1 Å². The number of carbonyl (C=O) groups is 2. The SMILES string of the molecule is O=C(Oc1ccc2c(c1)OC(=Cc1ccccc1Cl)C2=O)c1ccc(Br)cc1. The van der Waals surface area contributed by atoms with Crippen LogP contribution in [-0.2, 0) is 0 Å². The van der Waals surface area contributed by atoms with Crippen LogP contribution < -0.4 is 9.47 Å². The van der Waals surface area contributed by atoms with E-state index in [1.165, 1.54) is 6.07 Å². The van der Waals surface area contributed by atoms with Crippen LogP contribution in [0.1, 0.15) is 26.3 Å². The second kappa shape index (κ2) is 7.62. The first-order chi connectivity index (χ1) is 13.5. The summed E-state index contributed by atoms with van der Waals surface area (Å²) in [5.74, 6) is 0.0478. The van der Waals surface area contributed by atoms with Crippen LogP contribution in [0.3, 0.4) is 0 Å². The fraction of sp³-hybridized carbons (Fsp3) is 0. The molecule has 4 nitrogen and oxygen atoms in total. The lowest BCUT2D eigenvalue weighted by Crippen LogP contribution is -2.08. The zero-order chi connectivity index (χ0) is 19.7. The van der Waals surface area contributed by atoms with E-state index in [2.05, 4.69) is 15.9 Å². The van der Waals surface area contributed by atoms with Crippen LogP contribution in [0, 0.1) is 0 Å². The van der Waals surface area contributed by atoms with Gasteiger partial charge in [0.1, 0.15) is 11.5 Å². The minimum Gasteiger partial charge on any atom is -0.452 e. The maximum Gasteiger partial charge on any atom is 0.343 e. The third-order valence-electron chi connectivity index (χ3n) is 4.12. The highest BCUT2D eigenvalue weighted by Crippen LogP contribution is 2.35. The molecule has 0 unspecified atom stereocenters. The van der Waals surface area contributed by atoms with Gasteiger partial charge in [-0.3, -0.25) is 4.79 Å². The third-order valence-corrected chi connectivity index (χ3v) is 5.00. The van der Waals surface area contributed by atoms with Gasteiger partial charge >= 0.3 is 5.97 Å². The van der Waals surface area contributed by atoms with Crippen LogP contribution >= 0.6 is 27.5 Å². The molecule has 1 aliphatic heterocycles. The summed E-state index contributed by atoms with van der Waals surface area (Å²) in [6, 6.07) is 18.7. The second-order valence-electron chi connectivity index (χ2n) is 6.02. The Labute approximate surface area is 174 Å². The van der Waals surface area contributed by atoms with Crippen LogP contribution in [0.25, 0.3) is 6.08 Å². The summed E-state index contributed by atoms with van der Waals surface area (Å²) < 4.78 is 11.9. The van der Waals surface area contributed by atoms with Crippen molar-refractivity contribution in [2.24, 2.45) is 0 Å². The molecule has 0 aliphatic carbocycles. The zero-order valence-corrected chi connectivity index (χ0v) is 16.7. The summed E-state index contributed by atoms with van der Waals surface area (Å²) >= 11 is 9.46. The second-order valence-corrected chi connectivity index (χ2v) is 7.34. The standard InChI is InChI=1S/C22H12BrClO4/c23-15-7-5-13(6-8-15)22(26)27-16-9-10-17-19(12-16)28-20(21(17)25)11-14-3-1-2-4-18(14)24/h1-12H. The largest absolute Gasteiger partial charge is 0.452 e. The van der Waals surface area contributed by atoms with Crippen molar-refractivity contribution in [1.82, 2.24) is 0 Å². The van der Waals surface area contributed by atoms with Crippen molar-refractivity contribution in [3.05, 3.63) is 98.7 Å². The Morgan fingerprint density at radius 2 is 1.79 bits per heavy atom. The highest BCUT2D eigenvalue weighted by atomic mass is 79.9. The van der Waals surface area contributed by atoms with Gasteiger partial charge in [-0.25, -0.2) is 4.79 Å². The number of Topliss-reactive ketones (excluding diaryl/α,β-unsaturated/α-hetero) is 1. The molecule has 0 aromatic heterocycles. The highest BCUT2D eigenvalue weighted by molar-refractivity contribution is 9.10.